The molecule has 1 amide bonds. The van der Waals surface area contributed by atoms with Crippen molar-refractivity contribution >= 4 is 62.4 Å². The van der Waals surface area contributed by atoms with Crippen molar-refractivity contribution in [1.82, 2.24) is 0 Å². The Balaban J connectivity index is 2.03. The number of nitrogens with zero attached hydrogens (tertiary/aromatic N) is 1. The van der Waals surface area contributed by atoms with Gasteiger partial charge in [-0.3, -0.25) is 9.10 Å². The maximum absolute atomic E-state index is 13.5. The van der Waals surface area contributed by atoms with Gasteiger partial charge in [0.15, 0.2) is 0 Å². The number of anilines is 2. The maximum atomic E-state index is 13.5. The second-order valence-corrected chi connectivity index (χ2v) is 9.92. The van der Waals surface area contributed by atoms with Crippen LogP contribution in [0.4, 0.5) is 11.4 Å². The topological polar surface area (TPSA) is 119 Å². The SMILES string of the molecule is COC(=O)c1ccc(C(=O)OC)c(NC(=O)CN(c2ccc(Cl)cc2Cl)S(=O)(=O)c2ccccc2)c1. The van der Waals surface area contributed by atoms with E-state index in [0.717, 1.165) is 11.4 Å². The molecular weight excluding hydrogens is 531 g/mol. The fourth-order valence-electron chi connectivity index (χ4n) is 3.20. The molecular formula is C24H20Cl2N2O7S. The number of esters is 2. The van der Waals surface area contributed by atoms with E-state index < -0.39 is 34.4 Å². The zero-order valence-corrected chi connectivity index (χ0v) is 21.4. The van der Waals surface area contributed by atoms with E-state index in [9.17, 15) is 22.8 Å². The van der Waals surface area contributed by atoms with Crippen LogP contribution in [0, 0.1) is 0 Å². The van der Waals surface area contributed by atoms with Crippen LogP contribution in [0.3, 0.4) is 0 Å². The first-order valence-electron chi connectivity index (χ1n) is 10.2. The second kappa shape index (κ2) is 11.4. The normalized spacial score (nSPS) is 10.9. The summed E-state index contributed by atoms with van der Waals surface area (Å²) in [6, 6.07) is 15.5. The van der Waals surface area contributed by atoms with E-state index in [1.807, 2.05) is 0 Å². The Morgan fingerprint density at radius 2 is 1.56 bits per heavy atom. The van der Waals surface area contributed by atoms with Gasteiger partial charge in [-0.2, -0.15) is 0 Å². The van der Waals surface area contributed by atoms with Crippen molar-refractivity contribution < 1.29 is 32.3 Å². The van der Waals surface area contributed by atoms with Gasteiger partial charge in [0.25, 0.3) is 10.0 Å². The van der Waals surface area contributed by atoms with Gasteiger partial charge in [-0.05, 0) is 48.5 Å². The average Bonchev–Trinajstić information content (AvgIpc) is 2.87. The Labute approximate surface area is 217 Å². The van der Waals surface area contributed by atoms with Crippen molar-refractivity contribution in [1.29, 1.82) is 0 Å². The van der Waals surface area contributed by atoms with Crippen LogP contribution in [0.2, 0.25) is 10.0 Å². The van der Waals surface area contributed by atoms with Crippen molar-refractivity contribution in [2.24, 2.45) is 0 Å². The smallest absolute Gasteiger partial charge is 0.339 e. The van der Waals surface area contributed by atoms with Gasteiger partial charge >= 0.3 is 11.9 Å². The third-order valence-corrected chi connectivity index (χ3v) is 7.23. The first-order valence-corrected chi connectivity index (χ1v) is 12.4. The van der Waals surface area contributed by atoms with E-state index in [2.05, 4.69) is 10.1 Å². The molecule has 0 saturated heterocycles. The summed E-state index contributed by atoms with van der Waals surface area (Å²) in [6.45, 7) is -0.721. The van der Waals surface area contributed by atoms with Gasteiger partial charge in [-0.1, -0.05) is 41.4 Å². The lowest BCUT2D eigenvalue weighted by Gasteiger charge is -2.25. The van der Waals surface area contributed by atoms with Crippen molar-refractivity contribution in [2.75, 3.05) is 30.4 Å². The molecule has 0 unspecified atom stereocenters. The van der Waals surface area contributed by atoms with E-state index in [1.165, 1.54) is 67.8 Å². The minimum Gasteiger partial charge on any atom is -0.465 e. The highest BCUT2D eigenvalue weighted by atomic mass is 35.5. The van der Waals surface area contributed by atoms with E-state index in [-0.39, 0.29) is 37.4 Å². The molecule has 1 N–H and O–H groups in total. The molecule has 0 aliphatic carbocycles. The first-order chi connectivity index (χ1) is 17.1. The van der Waals surface area contributed by atoms with E-state index in [4.69, 9.17) is 27.9 Å². The summed E-state index contributed by atoms with van der Waals surface area (Å²) in [6.07, 6.45) is 0. The number of carbonyl (C=O) groups excluding carboxylic acids is 3. The van der Waals surface area contributed by atoms with Crippen LogP contribution in [0.1, 0.15) is 20.7 Å². The highest BCUT2D eigenvalue weighted by Crippen LogP contribution is 2.33. The monoisotopic (exact) mass is 550 g/mol. The molecule has 36 heavy (non-hydrogen) atoms. The predicted molar refractivity (Wildman–Crippen MR) is 135 cm³/mol. The first kappa shape index (κ1) is 27.0. The molecule has 0 fully saturated rings. The molecule has 188 valence electrons. The van der Waals surface area contributed by atoms with Gasteiger partial charge in [-0.25, -0.2) is 18.0 Å². The van der Waals surface area contributed by atoms with Crippen LogP contribution in [0.25, 0.3) is 0 Å². The van der Waals surface area contributed by atoms with E-state index >= 15 is 0 Å². The molecule has 0 aromatic heterocycles. The summed E-state index contributed by atoms with van der Waals surface area (Å²) < 4.78 is 37.2. The number of carbonyl (C=O) groups is 3. The zero-order valence-electron chi connectivity index (χ0n) is 19.0. The predicted octanol–water partition coefficient (Wildman–Crippen LogP) is 4.40. The zero-order chi connectivity index (χ0) is 26.5. The van der Waals surface area contributed by atoms with Crippen LogP contribution in [-0.4, -0.2) is 47.0 Å². The number of methoxy groups -OCH3 is 2. The number of amides is 1. The lowest BCUT2D eigenvalue weighted by atomic mass is 10.1. The number of sulfonamides is 1. The summed E-state index contributed by atoms with van der Waals surface area (Å²) in [7, 11) is -1.93. The fraction of sp³-hybridized carbons (Fsp3) is 0.125. The minimum atomic E-state index is -4.25. The molecule has 0 radical (unpaired) electrons. The average molecular weight is 551 g/mol. The molecule has 0 bridgehead atoms. The molecule has 0 aliphatic rings. The van der Waals surface area contributed by atoms with Crippen LogP contribution in [0.15, 0.2) is 71.6 Å². The van der Waals surface area contributed by atoms with Gasteiger partial charge in [0.05, 0.1) is 46.6 Å². The number of halogens is 2. The summed E-state index contributed by atoms with van der Waals surface area (Å²) in [4.78, 5) is 37.2. The lowest BCUT2D eigenvalue weighted by Crippen LogP contribution is -2.38. The Morgan fingerprint density at radius 3 is 2.17 bits per heavy atom. The van der Waals surface area contributed by atoms with E-state index in [1.54, 1.807) is 6.07 Å². The maximum Gasteiger partial charge on any atom is 0.339 e. The van der Waals surface area contributed by atoms with Gasteiger partial charge in [-0.15, -0.1) is 0 Å². The summed E-state index contributed by atoms with van der Waals surface area (Å²) in [5.74, 6) is -2.31. The molecule has 0 spiro atoms. The molecule has 3 aromatic rings. The fourth-order valence-corrected chi connectivity index (χ4v) is 5.23. The molecule has 3 aromatic carbocycles. The van der Waals surface area contributed by atoms with Crippen LogP contribution < -0.4 is 9.62 Å². The summed E-state index contributed by atoms with van der Waals surface area (Å²) in [5.41, 5.74) is -0.0685. The number of benzene rings is 3. The highest BCUT2D eigenvalue weighted by Gasteiger charge is 2.29. The number of hydrogen-bond acceptors (Lipinski definition) is 7. The van der Waals surface area contributed by atoms with Crippen molar-refractivity contribution in [2.45, 2.75) is 4.90 Å². The number of rotatable bonds is 8. The molecule has 0 aliphatic heterocycles. The summed E-state index contributed by atoms with van der Waals surface area (Å²) >= 11 is 12.2. The third kappa shape index (κ3) is 5.96. The van der Waals surface area contributed by atoms with E-state index in [0.29, 0.717) is 0 Å². The Morgan fingerprint density at radius 1 is 0.889 bits per heavy atom. The number of hydrogen-bond donors (Lipinski definition) is 1. The molecule has 0 saturated carbocycles. The van der Waals surface area contributed by atoms with Gasteiger partial charge in [0.2, 0.25) is 5.91 Å². The number of ether oxygens (including phenoxy) is 2. The standard InChI is InChI=1S/C24H20Cl2N2O7S/c1-34-23(30)15-8-10-18(24(31)35-2)20(12-15)27-22(29)14-28(21-11-9-16(25)13-19(21)26)36(32,33)17-6-4-3-5-7-17/h3-13H,14H2,1-2H3,(H,27,29). The van der Waals surface area contributed by atoms with Crippen LogP contribution >= 0.6 is 23.2 Å². The molecule has 9 nitrogen and oxygen atoms in total. The third-order valence-electron chi connectivity index (χ3n) is 4.92. The van der Waals surface area contributed by atoms with Crippen LogP contribution in [-0.2, 0) is 24.3 Å². The van der Waals surface area contributed by atoms with Gasteiger partial charge in [0, 0.05) is 5.02 Å². The Bertz CT molecular complexity index is 1410. The lowest BCUT2D eigenvalue weighted by molar-refractivity contribution is -0.114. The van der Waals surface area contributed by atoms with Crippen molar-refractivity contribution in [3.05, 3.63) is 87.9 Å². The Hall–Kier alpha value is -3.60. The number of nitrogens with one attached hydrogen (secondary N) is 1. The minimum absolute atomic E-state index is 0.00209. The molecule has 12 heteroatoms. The van der Waals surface area contributed by atoms with Crippen molar-refractivity contribution in [3.8, 4) is 0 Å². The van der Waals surface area contributed by atoms with Crippen LogP contribution in [0.5, 0.6) is 0 Å². The van der Waals surface area contributed by atoms with Gasteiger partial charge < -0.3 is 14.8 Å². The second-order valence-electron chi connectivity index (χ2n) is 7.21. The largest absolute Gasteiger partial charge is 0.465 e. The molecule has 0 heterocycles. The van der Waals surface area contributed by atoms with Crippen molar-refractivity contribution in [3.63, 3.8) is 0 Å². The molecule has 0 atom stereocenters. The Kier molecular flexibility index (Phi) is 8.57. The van der Waals surface area contributed by atoms with Gasteiger partial charge in [0.1, 0.15) is 6.54 Å². The summed E-state index contributed by atoms with van der Waals surface area (Å²) in [5, 5.41) is 2.75. The molecule has 3 rings (SSSR count). The highest BCUT2D eigenvalue weighted by molar-refractivity contribution is 7.92. The quantitative estimate of drug-likeness (QED) is 0.412.